The number of hydrogen-bond acceptors (Lipinski definition) is 5. The van der Waals surface area contributed by atoms with E-state index in [1.54, 1.807) is 0 Å². The van der Waals surface area contributed by atoms with Gasteiger partial charge in [0.2, 0.25) is 5.91 Å². The van der Waals surface area contributed by atoms with Crippen LogP contribution in [0.4, 0.5) is 4.79 Å². The standard InChI is InChI=1S/C27H32N2O6/c1-3-16(2)23(25(30)28-14-17-12-13-34-24(17)26(31)32)29-27(33)35-15-22-20-10-6-4-8-18(20)19-9-5-7-11-21(19)22/h4-11,16-17,22-24H,3,12-15H2,1-2H3,(H,28,30)(H,29,33)(H,31,32)/t16-,17-,23-,24-/m0/s1. The molecule has 2 aromatic carbocycles. The molecular weight excluding hydrogens is 448 g/mol. The largest absolute Gasteiger partial charge is 0.479 e. The SMILES string of the molecule is CC[C@H](C)[C@H](NC(=O)OCC1c2ccccc2-c2ccccc21)C(=O)NC[C@@H]1CCO[C@@H]1C(=O)O. The van der Waals surface area contributed by atoms with Crippen molar-refractivity contribution in [2.45, 2.75) is 44.8 Å². The van der Waals surface area contributed by atoms with Gasteiger partial charge in [-0.2, -0.15) is 0 Å². The molecule has 1 saturated heterocycles. The van der Waals surface area contributed by atoms with Gasteiger partial charge in [-0.1, -0.05) is 68.8 Å². The Morgan fingerprint density at radius 3 is 2.31 bits per heavy atom. The summed E-state index contributed by atoms with van der Waals surface area (Å²) in [6.07, 6.45) is -0.343. The smallest absolute Gasteiger partial charge is 0.407 e. The van der Waals surface area contributed by atoms with Crippen molar-refractivity contribution in [2.75, 3.05) is 19.8 Å². The van der Waals surface area contributed by atoms with Gasteiger partial charge < -0.3 is 25.2 Å². The van der Waals surface area contributed by atoms with Crippen molar-refractivity contribution < 1.29 is 29.0 Å². The van der Waals surface area contributed by atoms with Crippen LogP contribution >= 0.6 is 0 Å². The van der Waals surface area contributed by atoms with Crippen LogP contribution in [0, 0.1) is 11.8 Å². The van der Waals surface area contributed by atoms with Gasteiger partial charge in [0.1, 0.15) is 12.6 Å². The van der Waals surface area contributed by atoms with E-state index in [0.29, 0.717) is 19.4 Å². The highest BCUT2D eigenvalue weighted by molar-refractivity contribution is 5.86. The number of carbonyl (C=O) groups is 3. The topological polar surface area (TPSA) is 114 Å². The number of amides is 2. The molecular formula is C27H32N2O6. The molecule has 4 rings (SSSR count). The molecule has 2 amide bonds. The van der Waals surface area contributed by atoms with Crippen LogP contribution < -0.4 is 10.6 Å². The molecule has 0 spiro atoms. The highest BCUT2D eigenvalue weighted by Gasteiger charge is 2.35. The normalized spacial score (nSPS) is 20.4. The Morgan fingerprint density at radius 1 is 1.09 bits per heavy atom. The Bertz CT molecular complexity index is 1040. The number of carboxylic acid groups (broad SMARTS) is 1. The van der Waals surface area contributed by atoms with Gasteiger partial charge in [0.15, 0.2) is 6.10 Å². The predicted molar refractivity (Wildman–Crippen MR) is 130 cm³/mol. The zero-order valence-electron chi connectivity index (χ0n) is 20.0. The molecule has 35 heavy (non-hydrogen) atoms. The molecule has 3 N–H and O–H groups in total. The fourth-order valence-corrected chi connectivity index (χ4v) is 4.93. The van der Waals surface area contributed by atoms with Crippen molar-refractivity contribution in [3.8, 4) is 11.1 Å². The molecule has 8 heteroatoms. The van der Waals surface area contributed by atoms with E-state index in [4.69, 9.17) is 9.47 Å². The Labute approximate surface area is 205 Å². The summed E-state index contributed by atoms with van der Waals surface area (Å²) in [6.45, 7) is 4.51. The fraction of sp³-hybridized carbons (Fsp3) is 0.444. The second kappa shape index (κ2) is 10.9. The average Bonchev–Trinajstić information content (AvgIpc) is 3.47. The number of fused-ring (bicyclic) bond motifs is 3. The van der Waals surface area contributed by atoms with Crippen LogP contribution in [0.2, 0.25) is 0 Å². The first kappa shape index (κ1) is 24.7. The minimum absolute atomic E-state index is 0.0701. The van der Waals surface area contributed by atoms with Crippen LogP contribution in [0.3, 0.4) is 0 Å². The molecule has 1 aliphatic carbocycles. The number of carbonyl (C=O) groups excluding carboxylic acids is 2. The van der Waals surface area contributed by atoms with Crippen molar-refractivity contribution in [3.05, 3.63) is 59.7 Å². The van der Waals surface area contributed by atoms with Crippen LogP contribution in [-0.2, 0) is 19.1 Å². The van der Waals surface area contributed by atoms with Gasteiger partial charge in [-0.25, -0.2) is 9.59 Å². The van der Waals surface area contributed by atoms with Crippen LogP contribution in [-0.4, -0.2) is 55.0 Å². The lowest BCUT2D eigenvalue weighted by Crippen LogP contribution is -2.51. The minimum atomic E-state index is -1.03. The Kier molecular flexibility index (Phi) is 7.70. The molecule has 2 aliphatic rings. The highest BCUT2D eigenvalue weighted by Crippen LogP contribution is 2.44. The lowest BCUT2D eigenvalue weighted by atomic mass is 9.97. The quantitative estimate of drug-likeness (QED) is 0.506. The van der Waals surface area contributed by atoms with E-state index in [0.717, 1.165) is 22.3 Å². The maximum absolute atomic E-state index is 12.9. The average molecular weight is 481 g/mol. The first-order chi connectivity index (χ1) is 16.9. The Morgan fingerprint density at radius 2 is 1.71 bits per heavy atom. The fourth-order valence-electron chi connectivity index (χ4n) is 4.93. The lowest BCUT2D eigenvalue weighted by Gasteiger charge is -2.25. The Hall–Kier alpha value is -3.39. The van der Waals surface area contributed by atoms with Gasteiger partial charge in [-0.05, 0) is 34.6 Å². The summed E-state index contributed by atoms with van der Waals surface area (Å²) in [6, 6.07) is 15.4. The van der Waals surface area contributed by atoms with E-state index >= 15 is 0 Å². The van der Waals surface area contributed by atoms with E-state index in [2.05, 4.69) is 22.8 Å². The van der Waals surface area contributed by atoms with E-state index in [1.807, 2.05) is 50.2 Å². The second-order valence-electron chi connectivity index (χ2n) is 9.26. The molecule has 0 unspecified atom stereocenters. The summed E-state index contributed by atoms with van der Waals surface area (Å²) < 4.78 is 10.9. The summed E-state index contributed by atoms with van der Waals surface area (Å²) in [5.74, 6) is -1.89. The molecule has 2 aromatic rings. The van der Waals surface area contributed by atoms with Gasteiger partial charge in [-0.3, -0.25) is 4.79 Å². The first-order valence-corrected chi connectivity index (χ1v) is 12.1. The maximum Gasteiger partial charge on any atom is 0.407 e. The third kappa shape index (κ3) is 5.32. The highest BCUT2D eigenvalue weighted by atomic mass is 16.5. The van der Waals surface area contributed by atoms with Crippen molar-refractivity contribution in [1.82, 2.24) is 10.6 Å². The van der Waals surface area contributed by atoms with E-state index in [1.165, 1.54) is 0 Å². The van der Waals surface area contributed by atoms with Crippen molar-refractivity contribution in [2.24, 2.45) is 11.8 Å². The number of alkyl carbamates (subject to hydrolysis) is 1. The van der Waals surface area contributed by atoms with Crippen LogP contribution in [0.1, 0.15) is 43.7 Å². The molecule has 1 fully saturated rings. The first-order valence-electron chi connectivity index (χ1n) is 12.1. The van der Waals surface area contributed by atoms with Crippen molar-refractivity contribution >= 4 is 18.0 Å². The zero-order chi connectivity index (χ0) is 24.9. The molecule has 8 nitrogen and oxygen atoms in total. The minimum Gasteiger partial charge on any atom is -0.479 e. The number of carboxylic acids is 1. The summed E-state index contributed by atoms with van der Waals surface area (Å²) in [5, 5.41) is 14.8. The van der Waals surface area contributed by atoms with Gasteiger partial charge in [0.25, 0.3) is 0 Å². The third-order valence-electron chi connectivity index (χ3n) is 7.11. The van der Waals surface area contributed by atoms with Gasteiger partial charge >= 0.3 is 12.1 Å². The number of rotatable bonds is 9. The van der Waals surface area contributed by atoms with Gasteiger partial charge in [-0.15, -0.1) is 0 Å². The zero-order valence-corrected chi connectivity index (χ0v) is 20.0. The molecule has 0 radical (unpaired) electrons. The Balaban J connectivity index is 1.37. The molecule has 186 valence electrons. The molecule has 0 aromatic heterocycles. The number of benzene rings is 2. The summed E-state index contributed by atoms with van der Waals surface area (Å²) in [7, 11) is 0. The molecule has 1 heterocycles. The van der Waals surface area contributed by atoms with Gasteiger partial charge in [0, 0.05) is 25.0 Å². The molecule has 0 saturated carbocycles. The van der Waals surface area contributed by atoms with E-state index in [9.17, 15) is 19.5 Å². The number of ether oxygens (including phenoxy) is 2. The summed E-state index contributed by atoms with van der Waals surface area (Å²) in [4.78, 5) is 37.0. The molecule has 4 atom stereocenters. The number of aliphatic carboxylic acids is 1. The maximum atomic E-state index is 12.9. The number of nitrogens with one attached hydrogen (secondary N) is 2. The van der Waals surface area contributed by atoms with Crippen molar-refractivity contribution in [1.29, 1.82) is 0 Å². The number of hydrogen-bond donors (Lipinski definition) is 3. The van der Waals surface area contributed by atoms with E-state index < -0.39 is 24.2 Å². The van der Waals surface area contributed by atoms with Crippen LogP contribution in [0.15, 0.2) is 48.5 Å². The van der Waals surface area contributed by atoms with Crippen molar-refractivity contribution in [3.63, 3.8) is 0 Å². The third-order valence-corrected chi connectivity index (χ3v) is 7.11. The summed E-state index contributed by atoms with van der Waals surface area (Å²) in [5.41, 5.74) is 4.52. The van der Waals surface area contributed by atoms with E-state index in [-0.39, 0.29) is 36.8 Å². The molecule has 1 aliphatic heterocycles. The van der Waals surface area contributed by atoms with Gasteiger partial charge in [0.05, 0.1) is 0 Å². The predicted octanol–water partition coefficient (Wildman–Crippen LogP) is 3.55. The molecule has 0 bridgehead atoms. The lowest BCUT2D eigenvalue weighted by molar-refractivity contribution is -0.149. The summed E-state index contributed by atoms with van der Waals surface area (Å²) >= 11 is 0. The van der Waals surface area contributed by atoms with Crippen LogP contribution in [0.25, 0.3) is 11.1 Å². The monoisotopic (exact) mass is 480 g/mol. The second-order valence-corrected chi connectivity index (χ2v) is 9.26. The van der Waals surface area contributed by atoms with Crippen LogP contribution in [0.5, 0.6) is 0 Å².